The lowest BCUT2D eigenvalue weighted by atomic mass is 10.2. The molecule has 0 aromatic heterocycles. The predicted molar refractivity (Wildman–Crippen MR) is 82.1 cm³/mol. The fourth-order valence-corrected chi connectivity index (χ4v) is 1.75. The van der Waals surface area contributed by atoms with Crippen molar-refractivity contribution in [3.63, 3.8) is 0 Å². The molecule has 0 unspecified atom stereocenters. The van der Waals surface area contributed by atoms with Gasteiger partial charge in [0.1, 0.15) is 6.61 Å². The van der Waals surface area contributed by atoms with Gasteiger partial charge in [0.15, 0.2) is 0 Å². The summed E-state index contributed by atoms with van der Waals surface area (Å²) in [5.74, 6) is -0.0443. The summed E-state index contributed by atoms with van der Waals surface area (Å²) in [7, 11) is 0. The monoisotopic (exact) mass is 302 g/mol. The normalized spacial score (nSPS) is 10.3. The molecule has 2 N–H and O–H groups in total. The van der Waals surface area contributed by atoms with Gasteiger partial charge in [-0.05, 0) is 45.4 Å². The summed E-state index contributed by atoms with van der Waals surface area (Å²) in [5, 5.41) is 5.46. The summed E-state index contributed by atoms with van der Waals surface area (Å²) >= 11 is 0. The van der Waals surface area contributed by atoms with Gasteiger partial charge in [-0.15, -0.1) is 0 Å². The molecular weight excluding hydrogens is 272 g/mol. The SMILES string of the molecule is CCOCC(=O)NCCCCCOCCCCCNC=O. The predicted octanol–water partition coefficient (Wildman–Crippen LogP) is 1.24. The summed E-state index contributed by atoms with van der Waals surface area (Å²) in [6.45, 7) is 5.61. The van der Waals surface area contributed by atoms with Crippen molar-refractivity contribution in [1.82, 2.24) is 10.6 Å². The standard InChI is InChI=1S/C15H30N2O4/c1-2-20-13-15(19)17-10-6-4-8-12-21-11-7-3-5-9-16-14-18/h14H,2-13H2,1H3,(H,16,18)(H,17,19). The van der Waals surface area contributed by atoms with E-state index in [1.807, 2.05) is 6.92 Å². The Morgan fingerprint density at radius 2 is 1.62 bits per heavy atom. The van der Waals surface area contributed by atoms with Crippen LogP contribution in [0.5, 0.6) is 0 Å². The highest BCUT2D eigenvalue weighted by Crippen LogP contribution is 1.98. The zero-order valence-electron chi connectivity index (χ0n) is 13.2. The zero-order valence-corrected chi connectivity index (χ0v) is 13.2. The third-order valence-corrected chi connectivity index (χ3v) is 2.92. The van der Waals surface area contributed by atoms with Crippen LogP contribution in [0.3, 0.4) is 0 Å². The van der Waals surface area contributed by atoms with Gasteiger partial charge in [0.05, 0.1) is 0 Å². The van der Waals surface area contributed by atoms with Gasteiger partial charge in [-0.25, -0.2) is 0 Å². The second-order valence-corrected chi connectivity index (χ2v) is 4.79. The van der Waals surface area contributed by atoms with Crippen LogP contribution in [-0.4, -0.2) is 51.8 Å². The summed E-state index contributed by atoms with van der Waals surface area (Å²) in [6.07, 6.45) is 6.89. The summed E-state index contributed by atoms with van der Waals surface area (Å²) in [5.41, 5.74) is 0. The van der Waals surface area contributed by atoms with Gasteiger partial charge in [0, 0.05) is 32.9 Å². The number of unbranched alkanes of at least 4 members (excludes halogenated alkanes) is 4. The van der Waals surface area contributed by atoms with Crippen molar-refractivity contribution in [2.45, 2.75) is 45.4 Å². The second kappa shape index (κ2) is 16.9. The van der Waals surface area contributed by atoms with E-state index in [0.717, 1.165) is 64.7 Å². The van der Waals surface area contributed by atoms with Crippen molar-refractivity contribution in [1.29, 1.82) is 0 Å². The molecule has 0 spiro atoms. The molecule has 0 fully saturated rings. The van der Waals surface area contributed by atoms with Crippen LogP contribution < -0.4 is 10.6 Å². The molecule has 0 aliphatic carbocycles. The molecule has 0 aliphatic rings. The lowest BCUT2D eigenvalue weighted by molar-refractivity contribution is -0.125. The van der Waals surface area contributed by atoms with E-state index >= 15 is 0 Å². The largest absolute Gasteiger partial charge is 0.381 e. The van der Waals surface area contributed by atoms with Gasteiger partial charge in [-0.1, -0.05) is 0 Å². The van der Waals surface area contributed by atoms with Gasteiger partial charge in [-0.3, -0.25) is 9.59 Å². The van der Waals surface area contributed by atoms with E-state index in [1.165, 1.54) is 0 Å². The number of ether oxygens (including phenoxy) is 2. The third kappa shape index (κ3) is 16.8. The lowest BCUT2D eigenvalue weighted by Crippen LogP contribution is -2.28. The van der Waals surface area contributed by atoms with E-state index in [0.29, 0.717) is 13.2 Å². The van der Waals surface area contributed by atoms with E-state index in [9.17, 15) is 9.59 Å². The van der Waals surface area contributed by atoms with Crippen LogP contribution in [0.4, 0.5) is 0 Å². The molecule has 0 saturated heterocycles. The van der Waals surface area contributed by atoms with Gasteiger partial charge >= 0.3 is 0 Å². The van der Waals surface area contributed by atoms with Gasteiger partial charge in [0.25, 0.3) is 0 Å². The number of hydrogen-bond donors (Lipinski definition) is 2. The number of amides is 2. The number of rotatable bonds is 16. The van der Waals surface area contributed by atoms with Crippen LogP contribution in [0.1, 0.15) is 45.4 Å². The molecular formula is C15H30N2O4. The molecule has 21 heavy (non-hydrogen) atoms. The molecule has 0 heterocycles. The summed E-state index contributed by atoms with van der Waals surface area (Å²) in [4.78, 5) is 21.2. The number of carbonyl (C=O) groups excluding carboxylic acids is 2. The number of carbonyl (C=O) groups is 2. The minimum atomic E-state index is -0.0443. The van der Waals surface area contributed by atoms with Crippen LogP contribution >= 0.6 is 0 Å². The Bertz CT molecular complexity index is 250. The van der Waals surface area contributed by atoms with Gasteiger partial charge in [0.2, 0.25) is 12.3 Å². The highest BCUT2D eigenvalue weighted by atomic mass is 16.5. The maximum Gasteiger partial charge on any atom is 0.245 e. The maximum absolute atomic E-state index is 11.2. The van der Waals surface area contributed by atoms with Crippen LogP contribution in [0, 0.1) is 0 Å². The molecule has 2 amide bonds. The number of hydrogen-bond acceptors (Lipinski definition) is 4. The second-order valence-electron chi connectivity index (χ2n) is 4.79. The first-order chi connectivity index (χ1) is 10.3. The molecule has 0 aromatic rings. The molecule has 0 bridgehead atoms. The van der Waals surface area contributed by atoms with E-state index in [-0.39, 0.29) is 12.5 Å². The average Bonchev–Trinajstić information content (AvgIpc) is 2.49. The minimum absolute atomic E-state index is 0.0443. The first kappa shape index (κ1) is 19.9. The van der Waals surface area contributed by atoms with Crippen LogP contribution in [-0.2, 0) is 19.1 Å². The van der Waals surface area contributed by atoms with Gasteiger partial charge in [-0.2, -0.15) is 0 Å². The quantitative estimate of drug-likeness (QED) is 0.332. The van der Waals surface area contributed by atoms with Crippen LogP contribution in [0.2, 0.25) is 0 Å². The van der Waals surface area contributed by atoms with E-state index < -0.39 is 0 Å². The maximum atomic E-state index is 11.2. The van der Waals surface area contributed by atoms with Gasteiger partial charge < -0.3 is 20.1 Å². The first-order valence-electron chi connectivity index (χ1n) is 7.90. The Kier molecular flexibility index (Phi) is 16.0. The Labute approximate surface area is 127 Å². The van der Waals surface area contributed by atoms with Crippen molar-refractivity contribution in [2.75, 3.05) is 39.5 Å². The minimum Gasteiger partial charge on any atom is -0.381 e. The van der Waals surface area contributed by atoms with Crippen molar-refractivity contribution in [3.05, 3.63) is 0 Å². The average molecular weight is 302 g/mol. The topological polar surface area (TPSA) is 76.7 Å². The van der Waals surface area contributed by atoms with Crippen molar-refractivity contribution >= 4 is 12.3 Å². The molecule has 0 rings (SSSR count). The molecule has 0 aliphatic heterocycles. The number of nitrogens with one attached hydrogen (secondary N) is 2. The Morgan fingerprint density at radius 3 is 2.24 bits per heavy atom. The van der Waals surface area contributed by atoms with Crippen molar-refractivity contribution in [2.24, 2.45) is 0 Å². The molecule has 0 saturated carbocycles. The molecule has 0 radical (unpaired) electrons. The Balaban J connectivity index is 3.05. The van der Waals surface area contributed by atoms with Crippen molar-refractivity contribution in [3.8, 4) is 0 Å². The summed E-state index contributed by atoms with van der Waals surface area (Å²) < 4.78 is 10.5. The molecule has 0 atom stereocenters. The third-order valence-electron chi connectivity index (χ3n) is 2.92. The molecule has 6 heteroatoms. The van der Waals surface area contributed by atoms with Crippen molar-refractivity contribution < 1.29 is 19.1 Å². The fraction of sp³-hybridized carbons (Fsp3) is 0.867. The van der Waals surface area contributed by atoms with Crippen LogP contribution in [0.15, 0.2) is 0 Å². The van der Waals surface area contributed by atoms with E-state index in [1.54, 1.807) is 0 Å². The fourth-order valence-electron chi connectivity index (χ4n) is 1.75. The molecule has 6 nitrogen and oxygen atoms in total. The van der Waals surface area contributed by atoms with E-state index in [2.05, 4.69) is 10.6 Å². The smallest absolute Gasteiger partial charge is 0.245 e. The highest BCUT2D eigenvalue weighted by Gasteiger charge is 1.99. The Morgan fingerprint density at radius 1 is 0.952 bits per heavy atom. The summed E-state index contributed by atoms with van der Waals surface area (Å²) in [6, 6.07) is 0. The molecule has 124 valence electrons. The lowest BCUT2D eigenvalue weighted by Gasteiger charge is -2.06. The van der Waals surface area contributed by atoms with E-state index in [4.69, 9.17) is 9.47 Å². The molecule has 0 aromatic carbocycles. The Hall–Kier alpha value is -1.14. The highest BCUT2D eigenvalue weighted by molar-refractivity contribution is 5.77. The van der Waals surface area contributed by atoms with Crippen LogP contribution in [0.25, 0.3) is 0 Å². The first-order valence-corrected chi connectivity index (χ1v) is 7.90. The zero-order chi connectivity index (χ0) is 15.6.